The lowest BCUT2D eigenvalue weighted by atomic mass is 10.2. The molecule has 1 unspecified atom stereocenters. The van der Waals surface area contributed by atoms with Crippen molar-refractivity contribution in [1.29, 1.82) is 0 Å². The first-order chi connectivity index (χ1) is 15.4. The molecule has 166 valence electrons. The molecule has 2 aromatic carbocycles. The molecule has 0 fully saturated rings. The van der Waals surface area contributed by atoms with E-state index < -0.39 is 17.9 Å². The molecule has 0 bridgehead atoms. The molecular formula is C22H22N4O5S. The Morgan fingerprint density at radius 3 is 2.41 bits per heavy atom. The monoisotopic (exact) mass is 454 g/mol. The summed E-state index contributed by atoms with van der Waals surface area (Å²) in [4.78, 5) is 36.5. The summed E-state index contributed by atoms with van der Waals surface area (Å²) in [5.74, 6) is -0.493. The van der Waals surface area contributed by atoms with Gasteiger partial charge in [-0.05, 0) is 43.3 Å². The standard InChI is InChI=1S/C22H22N4O5S/c1-14(23-20(28)15-6-4-3-5-7-15)12-19(27)31-13-18-25-26-22(32-18)21(29)24-16-8-10-17(30-2)11-9-16/h3-11,14H,12-13H2,1-2H3,(H,23,28)(H,24,29). The van der Waals surface area contributed by atoms with E-state index in [1.165, 1.54) is 0 Å². The first-order valence-electron chi connectivity index (χ1n) is 9.74. The number of esters is 1. The molecule has 2 N–H and O–H groups in total. The van der Waals surface area contributed by atoms with Crippen LogP contribution in [-0.2, 0) is 16.1 Å². The highest BCUT2D eigenvalue weighted by atomic mass is 32.1. The maximum atomic E-state index is 12.3. The van der Waals surface area contributed by atoms with Crippen molar-refractivity contribution in [3.63, 3.8) is 0 Å². The summed E-state index contributed by atoms with van der Waals surface area (Å²) in [6.45, 7) is 1.61. The maximum absolute atomic E-state index is 12.3. The molecule has 0 spiro atoms. The molecule has 0 aliphatic rings. The number of carbonyl (C=O) groups is 3. The van der Waals surface area contributed by atoms with Gasteiger partial charge < -0.3 is 20.1 Å². The average molecular weight is 455 g/mol. The van der Waals surface area contributed by atoms with Crippen LogP contribution >= 0.6 is 11.3 Å². The number of hydrogen-bond donors (Lipinski definition) is 2. The maximum Gasteiger partial charge on any atom is 0.308 e. The number of hydrogen-bond acceptors (Lipinski definition) is 8. The van der Waals surface area contributed by atoms with Gasteiger partial charge in [0.2, 0.25) is 5.01 Å². The van der Waals surface area contributed by atoms with Crippen LogP contribution in [0.1, 0.15) is 38.5 Å². The van der Waals surface area contributed by atoms with Crippen molar-refractivity contribution in [3.05, 3.63) is 70.2 Å². The number of benzene rings is 2. The Labute approximate surface area is 188 Å². The minimum absolute atomic E-state index is 0.00217. The molecule has 9 nitrogen and oxygen atoms in total. The molecule has 0 radical (unpaired) electrons. The second kappa shape index (κ2) is 11.0. The third kappa shape index (κ3) is 6.61. The highest BCUT2D eigenvalue weighted by Gasteiger charge is 2.17. The van der Waals surface area contributed by atoms with Gasteiger partial charge in [0, 0.05) is 17.3 Å². The van der Waals surface area contributed by atoms with Gasteiger partial charge in [0.05, 0.1) is 13.5 Å². The number of ether oxygens (including phenoxy) is 2. The van der Waals surface area contributed by atoms with E-state index in [-0.39, 0.29) is 23.9 Å². The van der Waals surface area contributed by atoms with E-state index in [9.17, 15) is 14.4 Å². The van der Waals surface area contributed by atoms with Crippen molar-refractivity contribution in [2.75, 3.05) is 12.4 Å². The lowest BCUT2D eigenvalue weighted by molar-refractivity contribution is -0.145. The van der Waals surface area contributed by atoms with E-state index >= 15 is 0 Å². The van der Waals surface area contributed by atoms with Gasteiger partial charge in [0.25, 0.3) is 11.8 Å². The van der Waals surface area contributed by atoms with E-state index in [1.54, 1.807) is 62.6 Å². The average Bonchev–Trinajstić information content (AvgIpc) is 3.28. The van der Waals surface area contributed by atoms with Crippen LogP contribution in [0, 0.1) is 0 Å². The molecule has 10 heteroatoms. The van der Waals surface area contributed by atoms with E-state index in [0.29, 0.717) is 22.0 Å². The predicted molar refractivity (Wildman–Crippen MR) is 119 cm³/mol. The van der Waals surface area contributed by atoms with Crippen molar-refractivity contribution < 1.29 is 23.9 Å². The summed E-state index contributed by atoms with van der Waals surface area (Å²) in [5.41, 5.74) is 1.10. The van der Waals surface area contributed by atoms with Gasteiger partial charge >= 0.3 is 5.97 Å². The van der Waals surface area contributed by atoms with Gasteiger partial charge in [-0.2, -0.15) is 0 Å². The minimum Gasteiger partial charge on any atom is -0.497 e. The summed E-state index contributed by atoms with van der Waals surface area (Å²) < 4.78 is 10.3. The number of aromatic nitrogens is 2. The Morgan fingerprint density at radius 1 is 1.00 bits per heavy atom. The first-order valence-corrected chi connectivity index (χ1v) is 10.6. The second-order valence-corrected chi connectivity index (χ2v) is 7.85. The smallest absolute Gasteiger partial charge is 0.308 e. The molecule has 0 saturated heterocycles. The summed E-state index contributed by atoms with van der Waals surface area (Å²) in [6.07, 6.45) is 0.00217. The Kier molecular flexibility index (Phi) is 7.87. The number of rotatable bonds is 9. The largest absolute Gasteiger partial charge is 0.497 e. The van der Waals surface area contributed by atoms with Crippen LogP contribution in [0.15, 0.2) is 54.6 Å². The van der Waals surface area contributed by atoms with Gasteiger partial charge in [-0.15, -0.1) is 10.2 Å². The fourth-order valence-corrected chi connectivity index (χ4v) is 3.31. The number of anilines is 1. The van der Waals surface area contributed by atoms with Crippen LogP contribution < -0.4 is 15.4 Å². The van der Waals surface area contributed by atoms with Gasteiger partial charge in [-0.25, -0.2) is 0 Å². The van der Waals surface area contributed by atoms with Crippen LogP contribution in [0.25, 0.3) is 0 Å². The van der Waals surface area contributed by atoms with Gasteiger partial charge in [0.1, 0.15) is 12.4 Å². The van der Waals surface area contributed by atoms with E-state index in [1.807, 2.05) is 6.07 Å². The number of nitrogens with zero attached hydrogens (tertiary/aromatic N) is 2. The molecule has 0 saturated carbocycles. The predicted octanol–water partition coefficient (Wildman–Crippen LogP) is 3.05. The van der Waals surface area contributed by atoms with Crippen molar-refractivity contribution in [1.82, 2.24) is 15.5 Å². The Hall–Kier alpha value is -3.79. The van der Waals surface area contributed by atoms with Gasteiger partial charge in [0.15, 0.2) is 5.01 Å². The van der Waals surface area contributed by atoms with Crippen molar-refractivity contribution in [3.8, 4) is 5.75 Å². The molecule has 0 aliphatic heterocycles. The summed E-state index contributed by atoms with van der Waals surface area (Å²) in [7, 11) is 1.56. The molecule has 1 atom stereocenters. The molecule has 1 heterocycles. The topological polar surface area (TPSA) is 120 Å². The van der Waals surface area contributed by atoms with Crippen LogP contribution in [0.4, 0.5) is 5.69 Å². The van der Waals surface area contributed by atoms with Crippen molar-refractivity contribution >= 4 is 34.8 Å². The van der Waals surface area contributed by atoms with E-state index in [0.717, 1.165) is 11.3 Å². The highest BCUT2D eigenvalue weighted by Crippen LogP contribution is 2.17. The molecule has 0 aliphatic carbocycles. The normalized spacial score (nSPS) is 11.3. The molecule has 3 aromatic rings. The zero-order valence-electron chi connectivity index (χ0n) is 17.5. The second-order valence-electron chi connectivity index (χ2n) is 6.79. The van der Waals surface area contributed by atoms with Crippen LogP contribution in [0.5, 0.6) is 5.75 Å². The van der Waals surface area contributed by atoms with Crippen LogP contribution in [0.2, 0.25) is 0 Å². The SMILES string of the molecule is COc1ccc(NC(=O)c2nnc(COC(=O)CC(C)NC(=O)c3ccccc3)s2)cc1. The quantitative estimate of drug-likeness (QED) is 0.477. The fraction of sp³-hybridized carbons (Fsp3) is 0.227. The number of carbonyl (C=O) groups excluding carboxylic acids is 3. The van der Waals surface area contributed by atoms with Crippen LogP contribution in [0.3, 0.4) is 0 Å². The highest BCUT2D eigenvalue weighted by molar-refractivity contribution is 7.13. The Bertz CT molecular complexity index is 1070. The molecule has 2 amide bonds. The van der Waals surface area contributed by atoms with Gasteiger partial charge in [-0.3, -0.25) is 14.4 Å². The van der Waals surface area contributed by atoms with Gasteiger partial charge in [-0.1, -0.05) is 29.5 Å². The molecular weight excluding hydrogens is 432 g/mol. The fourth-order valence-electron chi connectivity index (χ4n) is 2.66. The Morgan fingerprint density at radius 2 is 1.72 bits per heavy atom. The van der Waals surface area contributed by atoms with Crippen molar-refractivity contribution in [2.45, 2.75) is 26.0 Å². The molecule has 3 rings (SSSR count). The summed E-state index contributed by atoms with van der Waals surface area (Å²) in [6, 6.07) is 15.2. The molecule has 1 aromatic heterocycles. The number of amides is 2. The van der Waals surface area contributed by atoms with Crippen LogP contribution in [-0.4, -0.2) is 41.1 Å². The van der Waals surface area contributed by atoms with E-state index in [4.69, 9.17) is 9.47 Å². The lowest BCUT2D eigenvalue weighted by Gasteiger charge is -2.13. The Balaban J connectivity index is 1.44. The number of nitrogens with one attached hydrogen (secondary N) is 2. The summed E-state index contributed by atoms with van der Waals surface area (Å²) in [5, 5.41) is 13.7. The van der Waals surface area contributed by atoms with E-state index in [2.05, 4.69) is 20.8 Å². The zero-order chi connectivity index (χ0) is 22.9. The molecule has 32 heavy (non-hydrogen) atoms. The minimum atomic E-state index is -0.495. The third-order valence-corrected chi connectivity index (χ3v) is 5.15. The first kappa shape index (κ1) is 22.9. The lowest BCUT2D eigenvalue weighted by Crippen LogP contribution is -2.34. The third-order valence-electron chi connectivity index (χ3n) is 4.25. The van der Waals surface area contributed by atoms with Crippen molar-refractivity contribution in [2.24, 2.45) is 0 Å². The number of methoxy groups -OCH3 is 1. The summed E-state index contributed by atoms with van der Waals surface area (Å²) >= 11 is 1.03. The zero-order valence-corrected chi connectivity index (χ0v) is 18.3.